The Labute approximate surface area is 89.0 Å². The first-order chi connectivity index (χ1) is 7.06. The highest BCUT2D eigenvalue weighted by Gasteiger charge is 2.22. The van der Waals surface area contributed by atoms with Gasteiger partial charge in [-0.15, -0.1) is 0 Å². The number of hydrogen-bond donors (Lipinski definition) is 0. The van der Waals surface area contributed by atoms with Crippen LogP contribution in [0.1, 0.15) is 39.0 Å². The molecule has 0 spiro atoms. The van der Waals surface area contributed by atoms with Crippen molar-refractivity contribution in [2.75, 3.05) is 6.61 Å². The molecule has 87 valence electrons. The molecule has 0 unspecified atom stereocenters. The van der Waals surface area contributed by atoms with Gasteiger partial charge in [0.15, 0.2) is 0 Å². The normalized spacial score (nSPS) is 10.9. The third-order valence-electron chi connectivity index (χ3n) is 1.58. The molecule has 0 heterocycles. The predicted octanol–water partition coefficient (Wildman–Crippen LogP) is 3.70. The molecule has 4 heteroatoms. The largest absolute Gasteiger partial charge is 0.457 e. The van der Waals surface area contributed by atoms with Crippen LogP contribution in [0.5, 0.6) is 0 Å². The lowest BCUT2D eigenvalue weighted by Gasteiger charge is -2.00. The summed E-state index contributed by atoms with van der Waals surface area (Å²) in [5.74, 6) is 3.35. The van der Waals surface area contributed by atoms with Crippen molar-refractivity contribution < 1.29 is 17.9 Å². The Kier molecular flexibility index (Phi) is 8.21. The standard InChI is InChI=1S/C11H16F3O/c1-2-9-15-10-7-5-3-4-6-8-11(12,13)14/h9H,2-5,7,10H2,1H3. The van der Waals surface area contributed by atoms with Crippen LogP contribution in [0.15, 0.2) is 0 Å². The molecule has 0 rings (SSSR count). The predicted molar refractivity (Wildman–Crippen MR) is 52.8 cm³/mol. The maximum atomic E-state index is 11.6. The Morgan fingerprint density at radius 2 is 1.93 bits per heavy atom. The van der Waals surface area contributed by atoms with Crippen molar-refractivity contribution >= 4 is 0 Å². The molecule has 0 fully saturated rings. The topological polar surface area (TPSA) is 9.23 Å². The van der Waals surface area contributed by atoms with Gasteiger partial charge in [-0.1, -0.05) is 19.3 Å². The van der Waals surface area contributed by atoms with Crippen molar-refractivity contribution in [3.63, 3.8) is 0 Å². The molecule has 1 nitrogen and oxygen atoms in total. The Morgan fingerprint density at radius 1 is 1.20 bits per heavy atom. The summed E-state index contributed by atoms with van der Waals surface area (Å²) in [6.45, 7) is 4.34. The van der Waals surface area contributed by atoms with Gasteiger partial charge in [-0.25, -0.2) is 0 Å². The first-order valence-corrected chi connectivity index (χ1v) is 5.06. The van der Waals surface area contributed by atoms with Gasteiger partial charge < -0.3 is 4.74 Å². The van der Waals surface area contributed by atoms with Gasteiger partial charge in [-0.2, -0.15) is 13.2 Å². The maximum absolute atomic E-state index is 11.6. The lowest BCUT2D eigenvalue weighted by Crippen LogP contribution is -2.01. The summed E-state index contributed by atoms with van der Waals surface area (Å²) in [6.07, 6.45) is -0.764. The van der Waals surface area contributed by atoms with Crippen molar-refractivity contribution in [3.8, 4) is 11.8 Å². The molecule has 15 heavy (non-hydrogen) atoms. The van der Waals surface area contributed by atoms with Gasteiger partial charge in [0.1, 0.15) is 0 Å². The van der Waals surface area contributed by atoms with Crippen LogP contribution in [-0.4, -0.2) is 12.8 Å². The van der Waals surface area contributed by atoms with E-state index in [-0.39, 0.29) is 0 Å². The van der Waals surface area contributed by atoms with Crippen LogP contribution < -0.4 is 0 Å². The molecular weight excluding hydrogens is 205 g/mol. The van der Waals surface area contributed by atoms with Gasteiger partial charge >= 0.3 is 6.18 Å². The van der Waals surface area contributed by atoms with Gasteiger partial charge in [0.2, 0.25) is 0 Å². The van der Waals surface area contributed by atoms with Crippen LogP contribution >= 0.6 is 0 Å². The minimum Gasteiger partial charge on any atom is -0.376 e. The van der Waals surface area contributed by atoms with E-state index < -0.39 is 6.18 Å². The number of rotatable bonds is 7. The van der Waals surface area contributed by atoms with Crippen molar-refractivity contribution in [3.05, 3.63) is 6.61 Å². The number of alkyl halides is 3. The molecule has 0 aliphatic carbocycles. The fraction of sp³-hybridized carbons (Fsp3) is 0.727. The van der Waals surface area contributed by atoms with Crippen molar-refractivity contribution in [2.45, 2.75) is 45.2 Å². The lowest BCUT2D eigenvalue weighted by molar-refractivity contribution is -0.0697. The average molecular weight is 221 g/mol. The van der Waals surface area contributed by atoms with Gasteiger partial charge in [0.05, 0.1) is 6.61 Å². The summed E-state index contributed by atoms with van der Waals surface area (Å²) < 4.78 is 39.8. The lowest BCUT2D eigenvalue weighted by atomic mass is 10.2. The van der Waals surface area contributed by atoms with Gasteiger partial charge in [-0.05, 0) is 19.3 Å². The summed E-state index contributed by atoms with van der Waals surface area (Å²) in [7, 11) is 0. The number of ether oxygens (including phenoxy) is 1. The molecule has 0 atom stereocenters. The van der Waals surface area contributed by atoms with Crippen molar-refractivity contribution in [1.29, 1.82) is 0 Å². The van der Waals surface area contributed by atoms with Crippen LogP contribution in [0.4, 0.5) is 13.2 Å². The Balaban J connectivity index is 3.21. The quantitative estimate of drug-likeness (QED) is 0.470. The smallest absolute Gasteiger partial charge is 0.376 e. The SMILES string of the molecule is CC[CH]OCCCCCC#CC(F)(F)F. The molecular formula is C11H16F3O. The summed E-state index contributed by atoms with van der Waals surface area (Å²) in [5, 5.41) is 0. The van der Waals surface area contributed by atoms with Gasteiger partial charge in [-0.3, -0.25) is 0 Å². The van der Waals surface area contributed by atoms with E-state index in [1.165, 1.54) is 5.92 Å². The summed E-state index contributed by atoms with van der Waals surface area (Å²) in [6, 6.07) is 0. The zero-order valence-electron chi connectivity index (χ0n) is 8.86. The van der Waals surface area contributed by atoms with Gasteiger partial charge in [0.25, 0.3) is 0 Å². The number of unbranched alkanes of at least 4 members (excludes halogenated alkanes) is 3. The second-order valence-corrected chi connectivity index (χ2v) is 3.06. The van der Waals surface area contributed by atoms with Gasteiger partial charge in [0, 0.05) is 18.9 Å². The molecule has 0 bridgehead atoms. The van der Waals surface area contributed by atoms with E-state index in [1.807, 2.05) is 6.92 Å². The van der Waals surface area contributed by atoms with E-state index >= 15 is 0 Å². The van der Waals surface area contributed by atoms with Crippen molar-refractivity contribution in [2.24, 2.45) is 0 Å². The number of halogens is 3. The summed E-state index contributed by atoms with van der Waals surface area (Å²) >= 11 is 0. The van der Waals surface area contributed by atoms with Crippen LogP contribution in [0, 0.1) is 18.4 Å². The third kappa shape index (κ3) is 13.3. The third-order valence-corrected chi connectivity index (χ3v) is 1.58. The minimum atomic E-state index is -4.35. The van der Waals surface area contributed by atoms with E-state index in [4.69, 9.17) is 4.74 Å². The van der Waals surface area contributed by atoms with Crippen molar-refractivity contribution in [1.82, 2.24) is 0 Å². The molecule has 0 aromatic heterocycles. The highest BCUT2D eigenvalue weighted by atomic mass is 19.4. The molecule has 0 aliphatic rings. The minimum absolute atomic E-state index is 0.303. The first kappa shape index (κ1) is 14.3. The monoisotopic (exact) mass is 221 g/mol. The summed E-state index contributed by atoms with van der Waals surface area (Å²) in [5.41, 5.74) is 0. The molecule has 0 saturated carbocycles. The molecule has 0 amide bonds. The first-order valence-electron chi connectivity index (χ1n) is 5.06. The van der Waals surface area contributed by atoms with E-state index in [1.54, 1.807) is 6.61 Å². The zero-order valence-corrected chi connectivity index (χ0v) is 8.86. The van der Waals surface area contributed by atoms with Crippen LogP contribution in [0.25, 0.3) is 0 Å². The Hall–Kier alpha value is -0.690. The molecule has 0 aromatic rings. The van der Waals surface area contributed by atoms with E-state index in [0.717, 1.165) is 19.3 Å². The van der Waals surface area contributed by atoms with E-state index in [0.29, 0.717) is 19.4 Å². The van der Waals surface area contributed by atoms with Crippen LogP contribution in [-0.2, 0) is 4.74 Å². The fourth-order valence-electron chi connectivity index (χ4n) is 0.939. The second kappa shape index (κ2) is 8.60. The number of hydrogen-bond acceptors (Lipinski definition) is 1. The van der Waals surface area contributed by atoms with E-state index in [2.05, 4.69) is 5.92 Å². The Bertz CT molecular complexity index is 200. The molecule has 0 saturated heterocycles. The average Bonchev–Trinajstić information content (AvgIpc) is 2.14. The molecule has 0 aromatic carbocycles. The molecule has 1 radical (unpaired) electrons. The summed E-state index contributed by atoms with van der Waals surface area (Å²) in [4.78, 5) is 0. The zero-order chi connectivity index (χ0) is 11.6. The second-order valence-electron chi connectivity index (χ2n) is 3.06. The highest BCUT2D eigenvalue weighted by Crippen LogP contribution is 2.12. The highest BCUT2D eigenvalue weighted by molar-refractivity contribution is 5.04. The Morgan fingerprint density at radius 3 is 2.53 bits per heavy atom. The maximum Gasteiger partial charge on any atom is 0.457 e. The van der Waals surface area contributed by atoms with Crippen LogP contribution in [0.3, 0.4) is 0 Å². The molecule has 0 N–H and O–H groups in total. The van der Waals surface area contributed by atoms with E-state index in [9.17, 15) is 13.2 Å². The van der Waals surface area contributed by atoms with Crippen LogP contribution in [0.2, 0.25) is 0 Å². The molecule has 0 aliphatic heterocycles. The fourth-order valence-corrected chi connectivity index (χ4v) is 0.939.